The van der Waals surface area contributed by atoms with E-state index in [1.807, 2.05) is 0 Å². The van der Waals surface area contributed by atoms with Gasteiger partial charge in [0.1, 0.15) is 6.34 Å². The Morgan fingerprint density at radius 2 is 1.86 bits per heavy atom. The second kappa shape index (κ2) is 15.9. The highest BCUT2D eigenvalue weighted by Crippen LogP contribution is 1.63. The predicted molar refractivity (Wildman–Crippen MR) is 44.1 cm³/mol. The molecule has 0 radical (unpaired) electrons. The fraction of sp³-hybridized carbons (Fsp3) is 0. The van der Waals surface area contributed by atoms with E-state index in [0.29, 0.717) is 0 Å². The molecule has 0 saturated heterocycles. The smallest absolute Gasteiger partial charge is 0.106 e. The summed E-state index contributed by atoms with van der Waals surface area (Å²) >= 11 is 7.01. The molecule has 0 rings (SSSR count). The molecule has 7 heavy (non-hydrogen) atoms. The number of halogens is 2. The molecule has 0 aliphatic rings. The largest absolute Gasteiger partial charge is 0.323 e. The lowest BCUT2D eigenvalue weighted by atomic mass is 11.4. The molecular weight excluding hydrogens is 175 g/mol. The molecule has 0 aromatic rings. The molecule has 0 heterocycles. The zero-order chi connectivity index (χ0) is 4.12. The summed E-state index contributed by atoms with van der Waals surface area (Å²) in [4.78, 5) is 0. The molecule has 2 nitrogen and oxygen atoms in total. The van der Waals surface area contributed by atoms with Gasteiger partial charge in [-0.15, -0.1) is 24.8 Å². The van der Waals surface area contributed by atoms with E-state index in [2.05, 4.69) is 34.7 Å². The lowest BCUT2D eigenvalue weighted by Crippen LogP contribution is -1.88. The minimum Gasteiger partial charge on any atom is -0.323 e. The normalized spacial score (nSPS) is 6.57. The number of nitrogens with zero attached hydrogens (tertiary/aromatic N) is 1. The molecule has 0 aromatic heterocycles. The van der Waals surface area contributed by atoms with Gasteiger partial charge in [-0.25, -0.2) is 4.40 Å². The van der Waals surface area contributed by atoms with Crippen LogP contribution in [0, 0.1) is 0 Å². The molecule has 1 N–H and O–H groups in total. The van der Waals surface area contributed by atoms with E-state index in [0.717, 1.165) is 0 Å². The molecule has 0 aliphatic carbocycles. The maximum absolute atomic E-state index is 3.55. The van der Waals surface area contributed by atoms with Gasteiger partial charge >= 0.3 is 0 Å². The first-order valence-electron chi connectivity index (χ1n) is 0.970. The van der Waals surface area contributed by atoms with E-state index in [1.165, 1.54) is 6.34 Å². The number of hydrogen-bond acceptors (Lipinski definition) is 3. The van der Waals surface area contributed by atoms with Crippen molar-refractivity contribution in [2.24, 2.45) is 4.40 Å². The van der Waals surface area contributed by atoms with E-state index in [-0.39, 0.29) is 24.8 Å². The second-order valence-electron chi connectivity index (χ2n) is 0.374. The quantitative estimate of drug-likeness (QED) is 0.315. The maximum atomic E-state index is 3.55. The number of rotatable bonds is 1. The van der Waals surface area contributed by atoms with Crippen LogP contribution in [0.3, 0.4) is 0 Å². The summed E-state index contributed by atoms with van der Waals surface area (Å²) in [5, 5.41) is 0. The van der Waals surface area contributed by atoms with Gasteiger partial charge in [-0.1, -0.05) is 12.8 Å². The predicted octanol–water partition coefficient (Wildman–Crippen LogP) is 1.14. The molecule has 0 saturated carbocycles. The van der Waals surface area contributed by atoms with E-state index < -0.39 is 0 Å². The van der Waals surface area contributed by atoms with Crippen molar-refractivity contribution >= 4 is 56.8 Å². The van der Waals surface area contributed by atoms with Gasteiger partial charge in [0.05, 0.1) is 0 Å². The molecule has 6 heteroatoms. The van der Waals surface area contributed by atoms with Gasteiger partial charge in [0.25, 0.3) is 0 Å². The molecular formula is CH6Cl2N2S2. The van der Waals surface area contributed by atoms with Crippen LogP contribution < -0.4 is 4.72 Å². The van der Waals surface area contributed by atoms with Crippen LogP contribution in [0.1, 0.15) is 0 Å². The number of hydrogen-bond donors (Lipinski definition) is 3. The SMILES string of the molecule is Cl.Cl.SN=CNS. The van der Waals surface area contributed by atoms with Gasteiger partial charge in [-0.2, -0.15) is 0 Å². The van der Waals surface area contributed by atoms with Gasteiger partial charge in [-0.05, 0) is 12.8 Å². The van der Waals surface area contributed by atoms with Crippen molar-refractivity contribution in [1.82, 2.24) is 4.72 Å². The van der Waals surface area contributed by atoms with E-state index >= 15 is 0 Å². The first-order chi connectivity index (χ1) is 2.41. The summed E-state index contributed by atoms with van der Waals surface area (Å²) in [7, 11) is 0. The van der Waals surface area contributed by atoms with Crippen LogP contribution in [0.4, 0.5) is 0 Å². The Morgan fingerprint density at radius 3 is 1.86 bits per heavy atom. The summed E-state index contributed by atoms with van der Waals surface area (Å²) in [5.41, 5.74) is 0. The third-order valence-corrected chi connectivity index (χ3v) is 0.346. The molecule has 0 spiro atoms. The van der Waals surface area contributed by atoms with Crippen molar-refractivity contribution in [3.05, 3.63) is 0 Å². The number of nitrogens with one attached hydrogen (secondary N) is 1. The lowest BCUT2D eigenvalue weighted by molar-refractivity contribution is 1.62. The Balaban J connectivity index is -0.0000000800. The van der Waals surface area contributed by atoms with E-state index in [4.69, 9.17) is 0 Å². The highest BCUT2D eigenvalue weighted by Gasteiger charge is 1.47. The van der Waals surface area contributed by atoms with Crippen molar-refractivity contribution in [1.29, 1.82) is 0 Å². The molecule has 0 atom stereocenters. The fourth-order valence-corrected chi connectivity index (χ4v) is 0.232. The first kappa shape index (κ1) is 15.7. The average Bonchev–Trinajstić information content (AvgIpc) is 1.41. The third kappa shape index (κ3) is 20.1. The molecule has 0 unspecified atom stereocenters. The zero-order valence-corrected chi connectivity index (χ0v) is 6.66. The van der Waals surface area contributed by atoms with Crippen LogP contribution in [-0.2, 0) is 0 Å². The Bertz CT molecular complexity index is 40.7. The molecule has 0 fully saturated rings. The summed E-state index contributed by atoms with van der Waals surface area (Å²) in [6.45, 7) is 0. The molecule has 46 valence electrons. The monoisotopic (exact) mass is 180 g/mol. The van der Waals surface area contributed by atoms with Crippen LogP contribution in [0.15, 0.2) is 4.40 Å². The maximum Gasteiger partial charge on any atom is 0.106 e. The van der Waals surface area contributed by atoms with Gasteiger partial charge < -0.3 is 4.72 Å². The molecule has 0 amide bonds. The van der Waals surface area contributed by atoms with Crippen molar-refractivity contribution in [2.45, 2.75) is 0 Å². The Morgan fingerprint density at radius 1 is 1.43 bits per heavy atom. The Kier molecular flexibility index (Phi) is 35.5. The zero-order valence-electron chi connectivity index (χ0n) is 3.24. The van der Waals surface area contributed by atoms with Crippen molar-refractivity contribution in [3.63, 3.8) is 0 Å². The average molecular weight is 181 g/mol. The summed E-state index contributed by atoms with van der Waals surface area (Å²) in [5.74, 6) is 0. The number of thiol groups is 2. The molecule has 0 aliphatic heterocycles. The highest BCUT2D eigenvalue weighted by atomic mass is 35.5. The highest BCUT2D eigenvalue weighted by molar-refractivity contribution is 7.79. The second-order valence-corrected chi connectivity index (χ2v) is 0.863. The first-order valence-corrected chi connectivity index (χ1v) is 1.82. The van der Waals surface area contributed by atoms with Gasteiger partial charge in [0.2, 0.25) is 0 Å². The summed E-state index contributed by atoms with van der Waals surface area (Å²) < 4.78 is 5.58. The topological polar surface area (TPSA) is 24.4 Å². The van der Waals surface area contributed by atoms with Crippen LogP contribution in [0.25, 0.3) is 0 Å². The van der Waals surface area contributed by atoms with Crippen molar-refractivity contribution < 1.29 is 0 Å². The lowest BCUT2D eigenvalue weighted by Gasteiger charge is -1.72. The minimum absolute atomic E-state index is 0. The standard InChI is InChI=1S/CH4N2S2.2ClH/c4-2-1-3-5;;/h1,4-5H,(H,2,3);2*1H. The molecule has 0 aromatic carbocycles. The Hall–Kier alpha value is 0.750. The van der Waals surface area contributed by atoms with Crippen LogP contribution in [0.2, 0.25) is 0 Å². The van der Waals surface area contributed by atoms with Crippen molar-refractivity contribution in [2.75, 3.05) is 0 Å². The van der Waals surface area contributed by atoms with Crippen molar-refractivity contribution in [3.8, 4) is 0 Å². The molecule has 0 bridgehead atoms. The van der Waals surface area contributed by atoms with E-state index in [9.17, 15) is 0 Å². The summed E-state index contributed by atoms with van der Waals surface area (Å²) in [6.07, 6.45) is 1.35. The van der Waals surface area contributed by atoms with Gasteiger partial charge in [-0.3, -0.25) is 0 Å². The Labute approximate surface area is 66.1 Å². The van der Waals surface area contributed by atoms with Gasteiger partial charge in [0, 0.05) is 0 Å². The van der Waals surface area contributed by atoms with Gasteiger partial charge in [0.15, 0.2) is 0 Å². The third-order valence-electron chi connectivity index (χ3n) is 0.115. The van der Waals surface area contributed by atoms with Crippen LogP contribution >= 0.6 is 50.4 Å². The van der Waals surface area contributed by atoms with Crippen LogP contribution in [-0.4, -0.2) is 6.34 Å². The van der Waals surface area contributed by atoms with Crippen LogP contribution in [0.5, 0.6) is 0 Å². The minimum atomic E-state index is 0. The van der Waals surface area contributed by atoms with E-state index in [1.54, 1.807) is 0 Å². The fourth-order valence-electron chi connectivity index (χ4n) is 0.0258. The summed E-state index contributed by atoms with van der Waals surface area (Å²) in [6, 6.07) is 0.